The molecule has 0 spiro atoms. The molecule has 0 aliphatic carbocycles. The molecule has 0 saturated heterocycles. The Bertz CT molecular complexity index is 509. The molecule has 5 nitrogen and oxygen atoms in total. The van der Waals surface area contributed by atoms with E-state index in [1.54, 1.807) is 6.07 Å². The molecule has 0 amide bonds. The van der Waals surface area contributed by atoms with Crippen molar-refractivity contribution in [2.75, 3.05) is 26.7 Å². The van der Waals surface area contributed by atoms with Crippen LogP contribution in [0.25, 0.3) is 0 Å². The monoisotopic (exact) mass is 342 g/mol. The highest BCUT2D eigenvalue weighted by molar-refractivity contribution is 7.89. The minimum Gasteiger partial charge on any atom is -0.497 e. The third-order valence-corrected chi connectivity index (χ3v) is 4.39. The first-order valence-corrected chi connectivity index (χ1v) is 7.91. The Morgan fingerprint density at radius 3 is 2.55 bits per heavy atom. The van der Waals surface area contributed by atoms with Gasteiger partial charge in [0, 0.05) is 19.2 Å². The largest absolute Gasteiger partial charge is 0.497 e. The maximum atomic E-state index is 12.1. The zero-order chi connectivity index (χ0) is 14.3. The van der Waals surface area contributed by atoms with Gasteiger partial charge in [-0.3, -0.25) is 0 Å². The molecule has 0 unspecified atom stereocenters. The summed E-state index contributed by atoms with van der Waals surface area (Å²) in [5, 5.41) is 3.29. The van der Waals surface area contributed by atoms with Gasteiger partial charge in [-0.15, -0.1) is 12.4 Å². The summed E-state index contributed by atoms with van der Waals surface area (Å²) in [6.45, 7) is 3.80. The Labute approximate surface area is 131 Å². The Hall–Kier alpha value is -0.530. The molecule has 0 heterocycles. The molecule has 1 aromatic carbocycles. The van der Waals surface area contributed by atoms with Crippen LogP contribution >= 0.6 is 24.0 Å². The zero-order valence-corrected chi connectivity index (χ0v) is 13.9. The molecular formula is C12H20Cl2N2O3S. The van der Waals surface area contributed by atoms with E-state index in [4.69, 9.17) is 16.3 Å². The van der Waals surface area contributed by atoms with Gasteiger partial charge in [0.05, 0.1) is 12.1 Å². The van der Waals surface area contributed by atoms with Crippen LogP contribution in [-0.2, 0) is 10.0 Å². The summed E-state index contributed by atoms with van der Waals surface area (Å²) in [6.07, 6.45) is 1.01. The van der Waals surface area contributed by atoms with Gasteiger partial charge in [-0.05, 0) is 25.1 Å². The lowest BCUT2D eigenvalue weighted by Gasteiger charge is -2.10. The molecule has 1 rings (SSSR count). The molecule has 0 bridgehead atoms. The van der Waals surface area contributed by atoms with Crippen LogP contribution in [0.15, 0.2) is 23.1 Å². The number of hydrogen-bond donors (Lipinski definition) is 2. The Morgan fingerprint density at radius 2 is 1.95 bits per heavy atom. The summed E-state index contributed by atoms with van der Waals surface area (Å²) in [6, 6.07) is 4.53. The molecule has 0 aliphatic heterocycles. The van der Waals surface area contributed by atoms with Crippen LogP contribution in [0.1, 0.15) is 13.3 Å². The van der Waals surface area contributed by atoms with Gasteiger partial charge in [0.1, 0.15) is 10.6 Å². The molecule has 2 N–H and O–H groups in total. The van der Waals surface area contributed by atoms with Gasteiger partial charge in [-0.1, -0.05) is 18.5 Å². The van der Waals surface area contributed by atoms with Crippen molar-refractivity contribution >= 4 is 34.0 Å². The third-order valence-electron chi connectivity index (χ3n) is 2.45. The second-order valence-corrected chi connectivity index (χ2v) is 6.09. The summed E-state index contributed by atoms with van der Waals surface area (Å²) in [4.78, 5) is 0.0315. The van der Waals surface area contributed by atoms with Crippen LogP contribution in [0.4, 0.5) is 0 Å². The molecule has 1 aromatic rings. The van der Waals surface area contributed by atoms with Gasteiger partial charge in [0.2, 0.25) is 10.0 Å². The number of sulfonamides is 1. The van der Waals surface area contributed by atoms with Crippen molar-refractivity contribution in [3.05, 3.63) is 23.2 Å². The van der Waals surface area contributed by atoms with Crippen LogP contribution in [0.3, 0.4) is 0 Å². The second kappa shape index (κ2) is 9.41. The van der Waals surface area contributed by atoms with Crippen molar-refractivity contribution in [2.45, 2.75) is 18.2 Å². The first kappa shape index (κ1) is 19.5. The molecule has 0 fully saturated rings. The Balaban J connectivity index is 0.00000361. The average molecular weight is 343 g/mol. The van der Waals surface area contributed by atoms with E-state index in [0.29, 0.717) is 18.8 Å². The van der Waals surface area contributed by atoms with Crippen LogP contribution in [0.2, 0.25) is 5.02 Å². The highest BCUT2D eigenvalue weighted by atomic mass is 35.5. The van der Waals surface area contributed by atoms with E-state index in [-0.39, 0.29) is 22.3 Å². The number of ether oxygens (including phenoxy) is 1. The minimum atomic E-state index is -3.61. The predicted octanol–water partition coefficient (Wildman–Crippen LogP) is 2.05. The molecule has 0 radical (unpaired) electrons. The van der Waals surface area contributed by atoms with Crippen molar-refractivity contribution in [3.63, 3.8) is 0 Å². The third kappa shape index (κ3) is 5.85. The maximum absolute atomic E-state index is 12.1. The van der Waals surface area contributed by atoms with Crippen LogP contribution in [-0.4, -0.2) is 35.2 Å². The van der Waals surface area contributed by atoms with E-state index in [1.165, 1.54) is 19.2 Å². The number of methoxy groups -OCH3 is 1. The number of nitrogens with one attached hydrogen (secondary N) is 2. The Morgan fingerprint density at radius 1 is 1.25 bits per heavy atom. The van der Waals surface area contributed by atoms with E-state index in [0.717, 1.165) is 13.0 Å². The second-order valence-electron chi connectivity index (χ2n) is 3.94. The molecule has 0 saturated carbocycles. The number of benzene rings is 1. The lowest BCUT2D eigenvalue weighted by Crippen LogP contribution is -2.32. The number of halogens is 2. The normalized spacial score (nSPS) is 10.9. The van der Waals surface area contributed by atoms with Crippen molar-refractivity contribution in [1.82, 2.24) is 10.0 Å². The van der Waals surface area contributed by atoms with Crippen LogP contribution in [0, 0.1) is 0 Å². The predicted molar refractivity (Wildman–Crippen MR) is 83.6 cm³/mol. The molecular weight excluding hydrogens is 323 g/mol. The zero-order valence-electron chi connectivity index (χ0n) is 11.5. The molecule has 8 heteroatoms. The van der Waals surface area contributed by atoms with Crippen LogP contribution < -0.4 is 14.8 Å². The van der Waals surface area contributed by atoms with Crippen LogP contribution in [0.5, 0.6) is 5.75 Å². The minimum absolute atomic E-state index is 0. The fourth-order valence-corrected chi connectivity index (χ4v) is 3.01. The summed E-state index contributed by atoms with van der Waals surface area (Å²) >= 11 is 5.91. The molecule has 116 valence electrons. The lowest BCUT2D eigenvalue weighted by molar-refractivity contribution is 0.413. The van der Waals surface area contributed by atoms with E-state index < -0.39 is 10.0 Å². The standard InChI is InChI=1S/C12H19ClN2O3S.ClH/c1-3-6-14-7-8-15-19(16,17)12-9-10(18-2)4-5-11(12)13;/h4-5,9,14-15H,3,6-8H2,1-2H3;1H. The molecule has 0 aliphatic rings. The van der Waals surface area contributed by atoms with Gasteiger partial charge >= 0.3 is 0 Å². The SMILES string of the molecule is CCCNCCNS(=O)(=O)c1cc(OC)ccc1Cl.Cl. The van der Waals surface area contributed by atoms with Gasteiger partial charge in [0.25, 0.3) is 0 Å². The highest BCUT2D eigenvalue weighted by Crippen LogP contribution is 2.25. The van der Waals surface area contributed by atoms with E-state index in [2.05, 4.69) is 10.0 Å². The van der Waals surface area contributed by atoms with Crippen molar-refractivity contribution in [2.24, 2.45) is 0 Å². The fraction of sp³-hybridized carbons (Fsp3) is 0.500. The fourth-order valence-electron chi connectivity index (χ4n) is 1.47. The first-order chi connectivity index (χ1) is 9.01. The summed E-state index contributed by atoms with van der Waals surface area (Å²) in [7, 11) is -2.14. The van der Waals surface area contributed by atoms with Crippen molar-refractivity contribution in [1.29, 1.82) is 0 Å². The summed E-state index contributed by atoms with van der Waals surface area (Å²) < 4.78 is 31.6. The first-order valence-electron chi connectivity index (χ1n) is 6.05. The van der Waals surface area contributed by atoms with Gasteiger partial charge in [-0.2, -0.15) is 0 Å². The summed E-state index contributed by atoms with van der Waals surface area (Å²) in [5.74, 6) is 0.453. The van der Waals surface area contributed by atoms with Crippen molar-refractivity contribution < 1.29 is 13.2 Å². The number of hydrogen-bond acceptors (Lipinski definition) is 4. The van der Waals surface area contributed by atoms with E-state index in [9.17, 15) is 8.42 Å². The van der Waals surface area contributed by atoms with E-state index >= 15 is 0 Å². The number of rotatable bonds is 8. The highest BCUT2D eigenvalue weighted by Gasteiger charge is 2.18. The van der Waals surface area contributed by atoms with E-state index in [1.807, 2.05) is 6.92 Å². The van der Waals surface area contributed by atoms with Gasteiger partial charge < -0.3 is 10.1 Å². The lowest BCUT2D eigenvalue weighted by atomic mass is 10.3. The smallest absolute Gasteiger partial charge is 0.242 e. The molecule has 20 heavy (non-hydrogen) atoms. The van der Waals surface area contributed by atoms with Gasteiger partial charge in [-0.25, -0.2) is 13.1 Å². The average Bonchev–Trinajstić information content (AvgIpc) is 2.39. The van der Waals surface area contributed by atoms with Crippen molar-refractivity contribution in [3.8, 4) is 5.75 Å². The Kier molecular flexibility index (Phi) is 9.16. The summed E-state index contributed by atoms with van der Waals surface area (Å²) in [5.41, 5.74) is 0. The van der Waals surface area contributed by atoms with Gasteiger partial charge in [0.15, 0.2) is 0 Å². The quantitative estimate of drug-likeness (QED) is 0.709. The topological polar surface area (TPSA) is 67.4 Å². The molecule has 0 atom stereocenters. The maximum Gasteiger partial charge on any atom is 0.242 e. The molecule has 0 aromatic heterocycles.